The smallest absolute Gasteiger partial charge is 0.359 e. The highest BCUT2D eigenvalue weighted by Crippen LogP contribution is 2.12. The molecule has 0 aliphatic rings. The van der Waals surface area contributed by atoms with E-state index in [1.54, 1.807) is 12.1 Å². The predicted molar refractivity (Wildman–Crippen MR) is 63.2 cm³/mol. The van der Waals surface area contributed by atoms with Gasteiger partial charge in [-0.05, 0) is 18.6 Å². The number of carbonyl (C=O) groups excluding carboxylic acids is 1. The number of ether oxygens (including phenoxy) is 1. The summed E-state index contributed by atoms with van der Waals surface area (Å²) < 4.78 is 5.02. The first-order valence-corrected chi connectivity index (χ1v) is 5.48. The van der Waals surface area contributed by atoms with Crippen molar-refractivity contribution in [1.82, 2.24) is 4.98 Å². The van der Waals surface area contributed by atoms with E-state index in [1.165, 1.54) is 0 Å². The summed E-state index contributed by atoms with van der Waals surface area (Å²) in [4.78, 5) is 15.7. The molecule has 0 spiro atoms. The molecular formula is C12H15N3O2. The molecule has 0 radical (unpaired) electrons. The number of hydrogen-bond acceptors (Lipinski definition) is 5. The molecule has 0 bridgehead atoms. The van der Waals surface area contributed by atoms with E-state index in [9.17, 15) is 4.79 Å². The number of nitrogens with two attached hydrogens (primary N) is 1. The zero-order chi connectivity index (χ0) is 12.7. The molecular weight excluding hydrogens is 218 g/mol. The molecule has 0 fully saturated rings. The molecule has 1 rings (SSSR count). The lowest BCUT2D eigenvalue weighted by Gasteiger charge is -2.06. The molecule has 0 amide bonds. The molecule has 0 atom stereocenters. The van der Waals surface area contributed by atoms with Crippen LogP contribution in [-0.2, 0) is 11.2 Å². The fourth-order valence-electron chi connectivity index (χ4n) is 1.23. The number of aromatic nitrogens is 1. The lowest BCUT2D eigenvalue weighted by molar-refractivity contribution is 0.0494. The van der Waals surface area contributed by atoms with E-state index in [0.29, 0.717) is 12.3 Å². The van der Waals surface area contributed by atoms with Gasteiger partial charge >= 0.3 is 5.97 Å². The van der Waals surface area contributed by atoms with Crippen LogP contribution in [0.4, 0.5) is 5.69 Å². The van der Waals surface area contributed by atoms with Crippen LogP contribution >= 0.6 is 0 Å². The summed E-state index contributed by atoms with van der Waals surface area (Å²) in [6.07, 6.45) is 1.91. The van der Waals surface area contributed by atoms with Crippen molar-refractivity contribution in [2.75, 3.05) is 12.3 Å². The Morgan fingerprint density at radius 2 is 2.35 bits per heavy atom. The second-order valence-electron chi connectivity index (χ2n) is 3.56. The van der Waals surface area contributed by atoms with E-state index in [2.05, 4.69) is 4.98 Å². The molecule has 1 aromatic heterocycles. The van der Waals surface area contributed by atoms with Crippen molar-refractivity contribution in [1.29, 1.82) is 5.26 Å². The van der Waals surface area contributed by atoms with Gasteiger partial charge < -0.3 is 10.5 Å². The lowest BCUT2D eigenvalue weighted by atomic mass is 10.2. The number of pyridine rings is 1. The first kappa shape index (κ1) is 13.0. The number of nitriles is 1. The minimum absolute atomic E-state index is 0.0915. The monoisotopic (exact) mass is 233 g/mol. The Bertz CT molecular complexity index is 438. The Balaban J connectivity index is 2.77. The quantitative estimate of drug-likeness (QED) is 0.617. The zero-order valence-corrected chi connectivity index (χ0v) is 9.77. The van der Waals surface area contributed by atoms with Crippen molar-refractivity contribution in [2.24, 2.45) is 0 Å². The largest absolute Gasteiger partial charge is 0.461 e. The maximum absolute atomic E-state index is 11.6. The second kappa shape index (κ2) is 6.48. The van der Waals surface area contributed by atoms with Crippen LogP contribution in [0.5, 0.6) is 0 Å². The van der Waals surface area contributed by atoms with Gasteiger partial charge in [-0.25, -0.2) is 9.78 Å². The highest BCUT2D eigenvalue weighted by atomic mass is 16.5. The first-order chi connectivity index (χ1) is 8.19. The molecule has 0 saturated carbocycles. The third-order valence-electron chi connectivity index (χ3n) is 2.17. The standard InChI is InChI=1S/C12H15N3O2/c1-2-3-8-17-12(16)11-10(14)5-4-9(15-11)6-7-13/h4-5H,2-3,6,8,14H2,1H3. The summed E-state index contributed by atoms with van der Waals surface area (Å²) in [7, 11) is 0. The molecule has 1 heterocycles. The maximum Gasteiger partial charge on any atom is 0.359 e. The molecule has 17 heavy (non-hydrogen) atoms. The Morgan fingerprint density at radius 1 is 1.59 bits per heavy atom. The summed E-state index contributed by atoms with van der Waals surface area (Å²) in [6, 6.07) is 5.16. The van der Waals surface area contributed by atoms with Crippen LogP contribution in [0, 0.1) is 11.3 Å². The van der Waals surface area contributed by atoms with E-state index in [1.807, 2.05) is 13.0 Å². The average molecular weight is 233 g/mol. The number of esters is 1. The molecule has 5 heteroatoms. The van der Waals surface area contributed by atoms with Crippen LogP contribution in [0.25, 0.3) is 0 Å². The van der Waals surface area contributed by atoms with Crippen molar-refractivity contribution in [3.63, 3.8) is 0 Å². The molecule has 0 aliphatic heterocycles. The zero-order valence-electron chi connectivity index (χ0n) is 9.77. The molecule has 0 aliphatic carbocycles. The molecule has 0 aromatic carbocycles. The Hall–Kier alpha value is -2.09. The highest BCUT2D eigenvalue weighted by molar-refractivity contribution is 5.92. The Kier molecular flexibility index (Phi) is 4.95. The van der Waals surface area contributed by atoms with Crippen LogP contribution in [0.1, 0.15) is 35.9 Å². The van der Waals surface area contributed by atoms with Crippen molar-refractivity contribution in [3.05, 3.63) is 23.5 Å². The van der Waals surface area contributed by atoms with E-state index in [0.717, 1.165) is 12.8 Å². The summed E-state index contributed by atoms with van der Waals surface area (Å²) in [6.45, 7) is 2.37. The van der Waals surface area contributed by atoms with E-state index in [-0.39, 0.29) is 17.8 Å². The number of nitrogen functional groups attached to an aromatic ring is 1. The van der Waals surface area contributed by atoms with Crippen molar-refractivity contribution in [3.8, 4) is 6.07 Å². The van der Waals surface area contributed by atoms with Crippen LogP contribution in [0.2, 0.25) is 0 Å². The number of nitrogens with zero attached hydrogens (tertiary/aromatic N) is 2. The van der Waals surface area contributed by atoms with E-state index >= 15 is 0 Å². The fourth-order valence-corrected chi connectivity index (χ4v) is 1.23. The number of rotatable bonds is 5. The van der Waals surface area contributed by atoms with Gasteiger partial charge in [0.05, 0.1) is 30.5 Å². The minimum Gasteiger partial charge on any atom is -0.461 e. The Labute approximate surface area is 100 Å². The fraction of sp³-hybridized carbons (Fsp3) is 0.417. The van der Waals surface area contributed by atoms with Crippen LogP contribution in [0.3, 0.4) is 0 Å². The van der Waals surface area contributed by atoms with Crippen molar-refractivity contribution < 1.29 is 9.53 Å². The summed E-state index contributed by atoms with van der Waals surface area (Å²) in [5.74, 6) is -0.532. The number of hydrogen-bond donors (Lipinski definition) is 1. The van der Waals surface area contributed by atoms with Crippen LogP contribution < -0.4 is 5.73 Å². The average Bonchev–Trinajstić information content (AvgIpc) is 2.32. The Morgan fingerprint density at radius 3 is 3.00 bits per heavy atom. The molecule has 0 saturated heterocycles. The number of unbranched alkanes of at least 4 members (excludes halogenated alkanes) is 1. The normalized spacial score (nSPS) is 9.65. The topological polar surface area (TPSA) is 89.0 Å². The third-order valence-corrected chi connectivity index (χ3v) is 2.17. The van der Waals surface area contributed by atoms with Gasteiger partial charge in [-0.2, -0.15) is 5.26 Å². The van der Waals surface area contributed by atoms with E-state index < -0.39 is 5.97 Å². The second-order valence-corrected chi connectivity index (χ2v) is 3.56. The molecule has 0 unspecified atom stereocenters. The van der Waals surface area contributed by atoms with Crippen LogP contribution in [0.15, 0.2) is 12.1 Å². The van der Waals surface area contributed by atoms with E-state index in [4.69, 9.17) is 15.7 Å². The first-order valence-electron chi connectivity index (χ1n) is 5.48. The minimum atomic E-state index is -0.532. The molecule has 5 nitrogen and oxygen atoms in total. The van der Waals surface area contributed by atoms with Gasteiger partial charge in [0.1, 0.15) is 0 Å². The number of carbonyl (C=O) groups is 1. The molecule has 2 N–H and O–H groups in total. The summed E-state index contributed by atoms with van der Waals surface area (Å²) in [5, 5.41) is 8.55. The predicted octanol–water partition coefficient (Wildman–Crippen LogP) is 1.69. The molecule has 1 aromatic rings. The van der Waals surface area contributed by atoms with Gasteiger partial charge in [0.15, 0.2) is 5.69 Å². The van der Waals surface area contributed by atoms with Gasteiger partial charge in [0, 0.05) is 0 Å². The summed E-state index contributed by atoms with van der Waals surface area (Å²) in [5.41, 5.74) is 6.53. The lowest BCUT2D eigenvalue weighted by Crippen LogP contribution is -2.12. The van der Waals surface area contributed by atoms with Crippen LogP contribution in [-0.4, -0.2) is 17.6 Å². The van der Waals surface area contributed by atoms with Crippen molar-refractivity contribution >= 4 is 11.7 Å². The number of anilines is 1. The maximum atomic E-state index is 11.6. The van der Waals surface area contributed by atoms with Gasteiger partial charge in [0.2, 0.25) is 0 Å². The third kappa shape index (κ3) is 3.76. The van der Waals surface area contributed by atoms with Gasteiger partial charge in [-0.15, -0.1) is 0 Å². The highest BCUT2D eigenvalue weighted by Gasteiger charge is 2.13. The van der Waals surface area contributed by atoms with Crippen molar-refractivity contribution in [2.45, 2.75) is 26.2 Å². The van der Waals surface area contributed by atoms with Gasteiger partial charge in [-0.3, -0.25) is 0 Å². The van der Waals surface area contributed by atoms with Gasteiger partial charge in [0.25, 0.3) is 0 Å². The SMILES string of the molecule is CCCCOC(=O)c1nc(CC#N)ccc1N. The summed E-state index contributed by atoms with van der Waals surface area (Å²) >= 11 is 0. The van der Waals surface area contributed by atoms with Gasteiger partial charge in [-0.1, -0.05) is 13.3 Å². The molecule has 90 valence electrons.